The number of hydrogen-bond donors (Lipinski definition) is 1. The highest BCUT2D eigenvalue weighted by atomic mass is 32.1. The van der Waals surface area contributed by atoms with E-state index in [0.717, 1.165) is 20.1 Å². The fourth-order valence-corrected chi connectivity index (χ4v) is 4.29. The lowest BCUT2D eigenvalue weighted by Crippen LogP contribution is -2.50. The first-order valence-electron chi connectivity index (χ1n) is 8.67. The molecule has 0 saturated carbocycles. The summed E-state index contributed by atoms with van der Waals surface area (Å²) in [4.78, 5) is 30.1. The molecule has 0 radical (unpaired) electrons. The smallest absolute Gasteiger partial charge is 0.348 e. The summed E-state index contributed by atoms with van der Waals surface area (Å²) in [6, 6.07) is 13.4. The summed E-state index contributed by atoms with van der Waals surface area (Å²) < 4.78 is 6.18. The van der Waals surface area contributed by atoms with Crippen LogP contribution in [0.5, 0.6) is 0 Å². The molecule has 0 unspecified atom stereocenters. The third-order valence-corrected chi connectivity index (χ3v) is 6.70. The van der Waals surface area contributed by atoms with E-state index >= 15 is 0 Å². The summed E-state index contributed by atoms with van der Waals surface area (Å²) in [5, 5.41) is 12.7. The van der Waals surface area contributed by atoms with Crippen molar-refractivity contribution in [3.05, 3.63) is 41.3 Å². The van der Waals surface area contributed by atoms with Crippen LogP contribution >= 0.6 is 22.7 Å². The van der Waals surface area contributed by atoms with Crippen LogP contribution in [0.15, 0.2) is 36.4 Å². The van der Waals surface area contributed by atoms with E-state index < -0.39 is 24.0 Å². The first kappa shape index (κ1) is 20.0. The Morgan fingerprint density at radius 3 is 2.68 bits per heavy atom. The molecule has 0 fully saturated rings. The highest BCUT2D eigenvalue weighted by molar-refractivity contribution is 7.26. The number of benzene rings is 1. The molecule has 1 N–H and O–H groups in total. The molecular formula is C20H19N3O3S2. The minimum absolute atomic E-state index is 0.0779. The Bertz CT molecular complexity index is 1030. The van der Waals surface area contributed by atoms with E-state index in [4.69, 9.17) is 4.74 Å². The Labute approximate surface area is 170 Å². The van der Waals surface area contributed by atoms with Crippen molar-refractivity contribution >= 4 is 44.8 Å². The van der Waals surface area contributed by atoms with Crippen molar-refractivity contribution in [1.82, 2.24) is 10.3 Å². The average molecular weight is 414 g/mol. The lowest BCUT2D eigenvalue weighted by atomic mass is 9.90. The molecular weight excluding hydrogens is 394 g/mol. The fraction of sp³-hybridized carbons (Fsp3) is 0.300. The number of aromatic nitrogens is 1. The zero-order chi connectivity index (χ0) is 20.3. The average Bonchev–Trinajstić information content (AvgIpc) is 3.32. The molecule has 2 aromatic heterocycles. The number of nitrogens with zero attached hydrogens (tertiary/aromatic N) is 2. The van der Waals surface area contributed by atoms with Gasteiger partial charge < -0.3 is 10.1 Å². The number of fused-ring (bicyclic) bond motifs is 1. The van der Waals surface area contributed by atoms with E-state index in [-0.39, 0.29) is 5.92 Å². The van der Waals surface area contributed by atoms with Crippen molar-refractivity contribution < 1.29 is 14.3 Å². The second-order valence-electron chi connectivity index (χ2n) is 6.74. The third kappa shape index (κ3) is 4.21. The summed E-state index contributed by atoms with van der Waals surface area (Å²) in [5.74, 6) is -1.16. The summed E-state index contributed by atoms with van der Waals surface area (Å²) in [5.41, 5.74) is -0.0886. The van der Waals surface area contributed by atoms with Crippen molar-refractivity contribution in [2.45, 2.75) is 26.3 Å². The zero-order valence-electron chi connectivity index (χ0n) is 15.7. The maximum Gasteiger partial charge on any atom is 0.348 e. The van der Waals surface area contributed by atoms with Gasteiger partial charge in [0.25, 0.3) is 5.91 Å². The second-order valence-corrected chi connectivity index (χ2v) is 8.86. The molecule has 6 nitrogen and oxygen atoms in total. The summed E-state index contributed by atoms with van der Waals surface area (Å²) in [7, 11) is 0. The minimum atomic E-state index is -1.01. The molecule has 8 heteroatoms. The van der Waals surface area contributed by atoms with Crippen molar-refractivity contribution in [3.8, 4) is 16.0 Å². The van der Waals surface area contributed by atoms with E-state index in [1.165, 1.54) is 11.3 Å². The lowest BCUT2D eigenvalue weighted by molar-refractivity contribution is -0.125. The summed E-state index contributed by atoms with van der Waals surface area (Å²) >= 11 is 2.83. The van der Waals surface area contributed by atoms with Gasteiger partial charge in [-0.3, -0.25) is 4.79 Å². The van der Waals surface area contributed by atoms with Crippen LogP contribution in [0.25, 0.3) is 20.1 Å². The van der Waals surface area contributed by atoms with Crippen molar-refractivity contribution in [1.29, 1.82) is 5.26 Å². The largest absolute Gasteiger partial charge is 0.451 e. The van der Waals surface area contributed by atoms with E-state index in [0.29, 0.717) is 4.88 Å². The maximum atomic E-state index is 12.3. The van der Waals surface area contributed by atoms with Gasteiger partial charge in [0.15, 0.2) is 6.61 Å². The molecule has 0 aliphatic carbocycles. The van der Waals surface area contributed by atoms with E-state index in [1.807, 2.05) is 44.2 Å². The molecule has 0 aliphatic heterocycles. The van der Waals surface area contributed by atoms with Crippen LogP contribution in [0.2, 0.25) is 0 Å². The van der Waals surface area contributed by atoms with E-state index in [9.17, 15) is 14.9 Å². The Morgan fingerprint density at radius 2 is 2.00 bits per heavy atom. The predicted octanol–water partition coefficient (Wildman–Crippen LogP) is 4.24. The molecule has 0 saturated heterocycles. The standard InChI is InChI=1S/C20H19N3O3S2/c1-12(2)20(3,11-21)23-17(24)10-26-19(25)16-9-8-15(27-16)18-22-13-6-4-5-7-14(13)28-18/h4-9,12H,10H2,1-3H3,(H,23,24)/t20-/m0/s1. The molecule has 1 aromatic carbocycles. The molecule has 28 heavy (non-hydrogen) atoms. The molecule has 1 atom stereocenters. The molecule has 0 bridgehead atoms. The van der Waals surface area contributed by atoms with Gasteiger partial charge in [-0.05, 0) is 37.1 Å². The number of thiophene rings is 1. The van der Waals surface area contributed by atoms with Crippen molar-refractivity contribution in [2.24, 2.45) is 5.92 Å². The molecule has 3 aromatic rings. The Hall–Kier alpha value is -2.76. The first-order valence-corrected chi connectivity index (χ1v) is 10.3. The summed E-state index contributed by atoms with van der Waals surface area (Å²) in [6.45, 7) is 4.88. The van der Waals surface area contributed by atoms with Crippen LogP contribution in [0, 0.1) is 17.2 Å². The topological polar surface area (TPSA) is 92.1 Å². The van der Waals surface area contributed by atoms with Gasteiger partial charge in [-0.25, -0.2) is 9.78 Å². The number of ether oxygens (including phenoxy) is 1. The lowest BCUT2D eigenvalue weighted by Gasteiger charge is -2.27. The molecule has 2 heterocycles. The van der Waals surface area contributed by atoms with Gasteiger partial charge in [0.1, 0.15) is 15.4 Å². The molecule has 0 spiro atoms. The Balaban J connectivity index is 1.63. The fourth-order valence-electron chi connectivity index (χ4n) is 2.37. The van der Waals surface area contributed by atoms with Crippen LogP contribution in [0.4, 0.5) is 0 Å². The van der Waals surface area contributed by atoms with Crippen LogP contribution in [0.1, 0.15) is 30.4 Å². The quantitative estimate of drug-likeness (QED) is 0.610. The summed E-state index contributed by atoms with van der Waals surface area (Å²) in [6.07, 6.45) is 0. The van der Waals surface area contributed by atoms with Gasteiger partial charge in [-0.1, -0.05) is 26.0 Å². The number of esters is 1. The van der Waals surface area contributed by atoms with Gasteiger partial charge >= 0.3 is 5.97 Å². The number of carbonyl (C=O) groups is 2. The van der Waals surface area contributed by atoms with Gasteiger partial charge in [0.2, 0.25) is 0 Å². The van der Waals surface area contributed by atoms with Gasteiger partial charge in [-0.2, -0.15) is 5.26 Å². The van der Waals surface area contributed by atoms with Crippen LogP contribution in [-0.4, -0.2) is 29.0 Å². The number of para-hydroxylation sites is 1. The zero-order valence-corrected chi connectivity index (χ0v) is 17.3. The van der Waals surface area contributed by atoms with Gasteiger partial charge in [-0.15, -0.1) is 22.7 Å². The number of thiazole rings is 1. The number of carbonyl (C=O) groups excluding carboxylic acids is 2. The van der Waals surface area contributed by atoms with Gasteiger partial charge in [0, 0.05) is 0 Å². The number of rotatable bonds is 6. The van der Waals surface area contributed by atoms with Crippen molar-refractivity contribution in [2.75, 3.05) is 6.61 Å². The highest BCUT2D eigenvalue weighted by Gasteiger charge is 2.30. The Kier molecular flexibility index (Phi) is 5.77. The van der Waals surface area contributed by atoms with E-state index in [2.05, 4.69) is 16.4 Å². The van der Waals surface area contributed by atoms with Gasteiger partial charge in [0.05, 0.1) is 21.2 Å². The number of nitriles is 1. The predicted molar refractivity (Wildman–Crippen MR) is 110 cm³/mol. The molecule has 144 valence electrons. The number of hydrogen-bond acceptors (Lipinski definition) is 7. The third-order valence-electron chi connectivity index (χ3n) is 4.43. The first-order chi connectivity index (χ1) is 13.3. The monoisotopic (exact) mass is 413 g/mol. The molecule has 3 rings (SSSR count). The van der Waals surface area contributed by atoms with Crippen LogP contribution in [0.3, 0.4) is 0 Å². The van der Waals surface area contributed by atoms with Crippen LogP contribution < -0.4 is 5.32 Å². The Morgan fingerprint density at radius 1 is 1.25 bits per heavy atom. The maximum absolute atomic E-state index is 12.3. The molecule has 0 aliphatic rings. The number of amides is 1. The number of nitrogens with one attached hydrogen (secondary N) is 1. The molecule has 1 amide bonds. The van der Waals surface area contributed by atoms with Crippen LogP contribution in [-0.2, 0) is 9.53 Å². The minimum Gasteiger partial charge on any atom is -0.451 e. The highest BCUT2D eigenvalue weighted by Crippen LogP contribution is 2.34. The van der Waals surface area contributed by atoms with Crippen molar-refractivity contribution in [3.63, 3.8) is 0 Å². The van der Waals surface area contributed by atoms with E-state index in [1.54, 1.807) is 24.3 Å². The normalized spacial score (nSPS) is 13.1. The second kappa shape index (κ2) is 8.09. The SMILES string of the molecule is CC(C)[C@](C)(C#N)NC(=O)COC(=O)c1ccc(-c2nc3ccccc3s2)s1.